The van der Waals surface area contributed by atoms with Crippen LogP contribution in [0, 0.1) is 11.6 Å². The second-order valence-corrected chi connectivity index (χ2v) is 6.37. The first-order chi connectivity index (χ1) is 13.6. The number of aliphatic hydroxyl groups is 2. The van der Waals surface area contributed by atoms with E-state index in [0.29, 0.717) is 0 Å². The molecule has 29 heavy (non-hydrogen) atoms. The molecule has 0 radical (unpaired) electrons. The average molecular weight is 418 g/mol. The third-order valence-corrected chi connectivity index (χ3v) is 4.37. The molecule has 2 N–H and O–H groups in total. The summed E-state index contributed by atoms with van der Waals surface area (Å²) in [5.74, 6) is -3.37. The molecule has 1 aliphatic rings. The number of hydrogen-bond acceptors (Lipinski definition) is 5. The molecule has 10 heteroatoms. The molecule has 3 rings (SSSR count). The van der Waals surface area contributed by atoms with Crippen molar-refractivity contribution in [3.63, 3.8) is 0 Å². The Morgan fingerprint density at radius 2 is 1.66 bits per heavy atom. The highest BCUT2D eigenvalue weighted by Crippen LogP contribution is 2.36. The van der Waals surface area contributed by atoms with Crippen molar-refractivity contribution in [2.45, 2.75) is 30.9 Å². The van der Waals surface area contributed by atoms with Crippen molar-refractivity contribution in [1.82, 2.24) is 0 Å². The van der Waals surface area contributed by atoms with Gasteiger partial charge in [0.05, 0.1) is 23.8 Å². The molecule has 0 bridgehead atoms. The molecule has 2 aromatic carbocycles. The summed E-state index contributed by atoms with van der Waals surface area (Å²) < 4.78 is 77.1. The minimum absolute atomic E-state index is 0.0696. The van der Waals surface area contributed by atoms with Gasteiger partial charge in [-0.05, 0) is 24.3 Å². The first kappa shape index (κ1) is 21.2. The normalized spacial score (nSPS) is 22.6. The van der Waals surface area contributed by atoms with Gasteiger partial charge in [0.15, 0.2) is 5.78 Å². The molecular formula is C19H15F5O5. The van der Waals surface area contributed by atoms with Crippen LogP contribution < -0.4 is 4.74 Å². The van der Waals surface area contributed by atoms with Crippen molar-refractivity contribution < 1.29 is 46.4 Å². The number of benzene rings is 2. The van der Waals surface area contributed by atoms with Gasteiger partial charge in [0.1, 0.15) is 35.3 Å². The molecule has 1 fully saturated rings. The highest BCUT2D eigenvalue weighted by molar-refractivity contribution is 5.88. The lowest BCUT2D eigenvalue weighted by Gasteiger charge is -2.31. The van der Waals surface area contributed by atoms with Crippen LogP contribution in [0.15, 0.2) is 36.4 Å². The molecule has 2 aromatic rings. The molecule has 3 atom stereocenters. The van der Waals surface area contributed by atoms with Crippen molar-refractivity contribution in [3.8, 4) is 11.5 Å². The highest BCUT2D eigenvalue weighted by atomic mass is 19.4. The van der Waals surface area contributed by atoms with Crippen molar-refractivity contribution in [1.29, 1.82) is 0 Å². The summed E-state index contributed by atoms with van der Waals surface area (Å²) in [7, 11) is 0. The van der Waals surface area contributed by atoms with Crippen LogP contribution in [0.1, 0.15) is 23.7 Å². The monoisotopic (exact) mass is 418 g/mol. The first-order valence-electron chi connectivity index (χ1n) is 8.42. The number of rotatable bonds is 4. The summed E-state index contributed by atoms with van der Waals surface area (Å²) >= 11 is 0. The van der Waals surface area contributed by atoms with Crippen molar-refractivity contribution in [2.24, 2.45) is 0 Å². The first-order valence-corrected chi connectivity index (χ1v) is 8.42. The van der Waals surface area contributed by atoms with E-state index in [1.165, 1.54) is 0 Å². The zero-order valence-corrected chi connectivity index (χ0v) is 14.6. The lowest BCUT2D eigenvalue weighted by atomic mass is 9.94. The molecule has 0 aromatic heterocycles. The van der Waals surface area contributed by atoms with E-state index in [2.05, 4.69) is 0 Å². The Kier molecular flexibility index (Phi) is 5.87. The number of halogens is 5. The minimum atomic E-state index is -4.53. The Morgan fingerprint density at radius 3 is 2.17 bits per heavy atom. The van der Waals surface area contributed by atoms with Crippen molar-refractivity contribution in [3.05, 3.63) is 59.2 Å². The summed E-state index contributed by atoms with van der Waals surface area (Å²) in [6.07, 6.45) is -9.21. The Labute approximate surface area is 161 Å². The van der Waals surface area contributed by atoms with Crippen LogP contribution in [0.2, 0.25) is 0 Å². The van der Waals surface area contributed by atoms with Crippen LogP contribution in [0.4, 0.5) is 22.0 Å². The number of alkyl halides is 3. The van der Waals surface area contributed by atoms with E-state index in [4.69, 9.17) is 14.6 Å². The van der Waals surface area contributed by atoms with Gasteiger partial charge in [-0.15, -0.1) is 0 Å². The third-order valence-electron chi connectivity index (χ3n) is 4.37. The van der Waals surface area contributed by atoms with Gasteiger partial charge in [-0.3, -0.25) is 4.79 Å². The molecule has 5 nitrogen and oxygen atoms in total. The highest BCUT2D eigenvalue weighted by Gasteiger charge is 2.38. The maximum Gasteiger partial charge on any atom is 0.416 e. The van der Waals surface area contributed by atoms with Gasteiger partial charge in [-0.25, -0.2) is 8.78 Å². The molecule has 0 aliphatic carbocycles. The molecule has 0 unspecified atom stereocenters. The Bertz CT molecular complexity index is 874. The van der Waals surface area contributed by atoms with Gasteiger partial charge in [0.2, 0.25) is 0 Å². The number of aliphatic hydroxyl groups excluding tert-OH is 2. The summed E-state index contributed by atoms with van der Waals surface area (Å²) in [5, 5.41) is 18.9. The zero-order valence-electron chi connectivity index (χ0n) is 14.6. The van der Waals surface area contributed by atoms with Crippen LogP contribution >= 0.6 is 0 Å². The van der Waals surface area contributed by atoms with E-state index >= 15 is 0 Å². The molecule has 0 saturated carbocycles. The zero-order chi connectivity index (χ0) is 21.3. The SMILES string of the molecule is O=C1[C@H](O)C[C@H](c2c(F)cc(Oc3ccc(C(F)(F)F)cc3)cc2F)O[C@@H]1CO. The van der Waals surface area contributed by atoms with Crippen LogP contribution in [0.3, 0.4) is 0 Å². The van der Waals surface area contributed by atoms with Gasteiger partial charge in [-0.1, -0.05) is 0 Å². The number of ketones is 1. The molecule has 156 valence electrons. The van der Waals surface area contributed by atoms with Gasteiger partial charge in [0.25, 0.3) is 0 Å². The predicted octanol–water partition coefficient (Wildman–Crippen LogP) is 3.53. The fourth-order valence-electron chi connectivity index (χ4n) is 2.95. The van der Waals surface area contributed by atoms with E-state index in [-0.39, 0.29) is 11.5 Å². The van der Waals surface area contributed by atoms with Crippen LogP contribution in [-0.4, -0.2) is 34.8 Å². The topological polar surface area (TPSA) is 76.0 Å². The van der Waals surface area contributed by atoms with E-state index in [9.17, 15) is 31.9 Å². The van der Waals surface area contributed by atoms with E-state index in [1.807, 2.05) is 0 Å². The van der Waals surface area contributed by atoms with Crippen LogP contribution in [-0.2, 0) is 15.7 Å². The van der Waals surface area contributed by atoms with E-state index < -0.39 is 66.1 Å². The van der Waals surface area contributed by atoms with Gasteiger partial charge < -0.3 is 19.7 Å². The standard InChI is InChI=1S/C19H15F5O5/c20-12-5-11(28-10-3-1-9(2-4-10)19(22,23)24)6-13(21)17(12)15-7-14(26)18(27)16(8-25)29-15/h1-6,14-16,25-26H,7-8H2/t14-,15-,16-/m1/s1. The minimum Gasteiger partial charge on any atom is -0.457 e. The summed E-state index contributed by atoms with van der Waals surface area (Å²) in [4.78, 5) is 11.6. The molecule has 0 amide bonds. The molecule has 1 heterocycles. The fourth-order valence-corrected chi connectivity index (χ4v) is 2.95. The smallest absolute Gasteiger partial charge is 0.416 e. The number of hydrogen-bond donors (Lipinski definition) is 2. The van der Waals surface area contributed by atoms with Gasteiger partial charge in [-0.2, -0.15) is 13.2 Å². The maximum atomic E-state index is 14.5. The summed E-state index contributed by atoms with van der Waals surface area (Å²) in [6, 6.07) is 5.14. The Morgan fingerprint density at radius 1 is 1.07 bits per heavy atom. The number of ether oxygens (including phenoxy) is 2. The molecular weight excluding hydrogens is 403 g/mol. The predicted molar refractivity (Wildman–Crippen MR) is 88.2 cm³/mol. The lowest BCUT2D eigenvalue weighted by Crippen LogP contribution is -2.44. The fraction of sp³-hybridized carbons (Fsp3) is 0.316. The molecule has 1 saturated heterocycles. The average Bonchev–Trinajstić information content (AvgIpc) is 2.63. The van der Waals surface area contributed by atoms with Crippen molar-refractivity contribution >= 4 is 5.78 Å². The Balaban J connectivity index is 1.82. The summed E-state index contributed by atoms with van der Waals surface area (Å²) in [6.45, 7) is -0.759. The van der Waals surface area contributed by atoms with Crippen molar-refractivity contribution in [2.75, 3.05) is 6.61 Å². The molecule has 1 aliphatic heterocycles. The summed E-state index contributed by atoms with van der Waals surface area (Å²) in [5.41, 5.74) is -1.46. The lowest BCUT2D eigenvalue weighted by molar-refractivity contribution is -0.162. The van der Waals surface area contributed by atoms with Gasteiger partial charge in [0, 0.05) is 18.6 Å². The number of carbonyl (C=O) groups is 1. The van der Waals surface area contributed by atoms with E-state index in [0.717, 1.165) is 36.4 Å². The number of Topliss-reactive ketones (excluding diaryl/α,β-unsaturated/α-hetero) is 1. The third kappa shape index (κ3) is 4.55. The second-order valence-electron chi connectivity index (χ2n) is 6.37. The van der Waals surface area contributed by atoms with E-state index in [1.54, 1.807) is 0 Å². The Hall–Kier alpha value is -2.56. The quantitative estimate of drug-likeness (QED) is 0.744. The molecule has 0 spiro atoms. The largest absolute Gasteiger partial charge is 0.457 e. The van der Waals surface area contributed by atoms with Crippen LogP contribution in [0.25, 0.3) is 0 Å². The van der Waals surface area contributed by atoms with Crippen LogP contribution in [0.5, 0.6) is 11.5 Å². The number of carbonyl (C=O) groups excluding carboxylic acids is 1. The second kappa shape index (κ2) is 8.05. The van der Waals surface area contributed by atoms with Gasteiger partial charge >= 0.3 is 6.18 Å². The maximum absolute atomic E-state index is 14.5.